The Labute approximate surface area is 123 Å². The van der Waals surface area contributed by atoms with Gasteiger partial charge in [0.05, 0.1) is 18.5 Å². The molecular weight excluding hydrogens is 268 g/mol. The lowest BCUT2D eigenvalue weighted by molar-refractivity contribution is -0.143. The Hall–Kier alpha value is -2.17. The van der Waals surface area contributed by atoms with Crippen LogP contribution in [0, 0.1) is 0 Å². The molecule has 0 fully saturated rings. The Balaban J connectivity index is 2.39. The van der Waals surface area contributed by atoms with Crippen LogP contribution < -0.4 is 5.43 Å². The van der Waals surface area contributed by atoms with Crippen molar-refractivity contribution < 1.29 is 9.53 Å². The minimum atomic E-state index is -0.302. The average molecular weight is 288 g/mol. The third-order valence-electron chi connectivity index (χ3n) is 3.47. The summed E-state index contributed by atoms with van der Waals surface area (Å²) in [6, 6.07) is 5.83. The minimum Gasteiger partial charge on any atom is -0.466 e. The maximum atomic E-state index is 12.5. The van der Waals surface area contributed by atoms with Gasteiger partial charge >= 0.3 is 5.97 Å². The molecule has 0 bridgehead atoms. The zero-order valence-electron chi connectivity index (χ0n) is 12.7. The van der Waals surface area contributed by atoms with E-state index in [0.717, 1.165) is 17.5 Å². The first-order chi connectivity index (χ1) is 10.1. The van der Waals surface area contributed by atoms with Crippen molar-refractivity contribution in [1.29, 1.82) is 0 Å². The van der Waals surface area contributed by atoms with Gasteiger partial charge in [0.25, 0.3) is 0 Å². The van der Waals surface area contributed by atoms with Crippen LogP contribution in [0.25, 0.3) is 10.9 Å². The SMILES string of the molecule is CCOC(=O)CCc1nn(C)c2ccc(CC)cc2c1=O. The maximum Gasteiger partial charge on any atom is 0.306 e. The van der Waals surface area contributed by atoms with E-state index in [1.807, 2.05) is 18.2 Å². The summed E-state index contributed by atoms with van der Waals surface area (Å²) in [6.07, 6.45) is 1.35. The summed E-state index contributed by atoms with van der Waals surface area (Å²) in [5, 5.41) is 4.94. The zero-order chi connectivity index (χ0) is 15.4. The second-order valence-corrected chi connectivity index (χ2v) is 4.91. The molecule has 0 radical (unpaired) electrons. The van der Waals surface area contributed by atoms with Gasteiger partial charge in [0.1, 0.15) is 5.69 Å². The van der Waals surface area contributed by atoms with E-state index in [4.69, 9.17) is 4.74 Å². The summed E-state index contributed by atoms with van der Waals surface area (Å²) >= 11 is 0. The number of fused-ring (bicyclic) bond motifs is 1. The molecule has 1 aromatic heterocycles. The lowest BCUT2D eigenvalue weighted by Crippen LogP contribution is -2.19. The summed E-state index contributed by atoms with van der Waals surface area (Å²) in [7, 11) is 1.81. The van der Waals surface area contributed by atoms with Crippen molar-refractivity contribution in [3.05, 3.63) is 39.7 Å². The van der Waals surface area contributed by atoms with Gasteiger partial charge in [0, 0.05) is 18.9 Å². The van der Waals surface area contributed by atoms with Crippen molar-refractivity contribution in [2.75, 3.05) is 6.61 Å². The van der Waals surface area contributed by atoms with Gasteiger partial charge in [-0.2, -0.15) is 5.10 Å². The molecule has 0 saturated carbocycles. The molecule has 21 heavy (non-hydrogen) atoms. The molecule has 0 saturated heterocycles. The molecule has 2 rings (SSSR count). The summed E-state index contributed by atoms with van der Waals surface area (Å²) in [4.78, 5) is 23.9. The second kappa shape index (κ2) is 6.52. The number of nitrogens with zero attached hydrogens (tertiary/aromatic N) is 2. The number of benzene rings is 1. The molecule has 0 aliphatic carbocycles. The molecule has 1 heterocycles. The highest BCUT2D eigenvalue weighted by atomic mass is 16.5. The molecule has 112 valence electrons. The van der Waals surface area contributed by atoms with E-state index in [0.29, 0.717) is 24.1 Å². The van der Waals surface area contributed by atoms with E-state index in [1.54, 1.807) is 18.7 Å². The molecule has 2 aromatic rings. The van der Waals surface area contributed by atoms with Crippen LogP contribution in [-0.2, 0) is 29.4 Å². The number of esters is 1. The van der Waals surface area contributed by atoms with E-state index in [9.17, 15) is 9.59 Å². The van der Waals surface area contributed by atoms with Crippen LogP contribution in [-0.4, -0.2) is 22.4 Å². The van der Waals surface area contributed by atoms with Gasteiger partial charge in [0.15, 0.2) is 0 Å². The molecule has 5 nitrogen and oxygen atoms in total. The Morgan fingerprint density at radius 3 is 2.76 bits per heavy atom. The Bertz CT molecular complexity index is 719. The van der Waals surface area contributed by atoms with Crippen LogP contribution in [0.3, 0.4) is 0 Å². The smallest absolute Gasteiger partial charge is 0.306 e. The van der Waals surface area contributed by atoms with E-state index in [2.05, 4.69) is 12.0 Å². The standard InChI is InChI=1S/C16H20N2O3/c1-4-11-6-8-14-12(10-11)16(20)13(17-18(14)3)7-9-15(19)21-5-2/h6,8,10H,4-5,7,9H2,1-3H3. The van der Waals surface area contributed by atoms with Gasteiger partial charge in [-0.05, 0) is 31.0 Å². The van der Waals surface area contributed by atoms with Gasteiger partial charge < -0.3 is 4.74 Å². The van der Waals surface area contributed by atoms with E-state index < -0.39 is 0 Å². The van der Waals surface area contributed by atoms with E-state index >= 15 is 0 Å². The third-order valence-corrected chi connectivity index (χ3v) is 3.47. The number of aryl methyl sites for hydroxylation is 3. The van der Waals surface area contributed by atoms with Gasteiger partial charge in [0.2, 0.25) is 5.43 Å². The number of rotatable bonds is 5. The third kappa shape index (κ3) is 3.29. The maximum absolute atomic E-state index is 12.5. The van der Waals surface area contributed by atoms with Crippen LogP contribution in [0.15, 0.2) is 23.0 Å². The molecule has 5 heteroatoms. The first-order valence-electron chi connectivity index (χ1n) is 7.21. The van der Waals surface area contributed by atoms with Crippen LogP contribution in [0.4, 0.5) is 0 Å². The predicted octanol–water partition coefficient (Wildman–Crippen LogP) is 1.99. The van der Waals surface area contributed by atoms with Crippen molar-refractivity contribution in [2.45, 2.75) is 33.1 Å². The van der Waals surface area contributed by atoms with Crippen molar-refractivity contribution in [3.8, 4) is 0 Å². The Morgan fingerprint density at radius 1 is 1.33 bits per heavy atom. The van der Waals surface area contributed by atoms with E-state index in [-0.39, 0.29) is 17.8 Å². The molecule has 0 amide bonds. The highest BCUT2D eigenvalue weighted by molar-refractivity contribution is 5.79. The fraction of sp³-hybridized carbons (Fsp3) is 0.438. The summed E-state index contributed by atoms with van der Waals surface area (Å²) in [5.74, 6) is -0.302. The van der Waals surface area contributed by atoms with Crippen molar-refractivity contribution in [3.63, 3.8) is 0 Å². The Morgan fingerprint density at radius 2 is 2.10 bits per heavy atom. The quantitative estimate of drug-likeness (QED) is 0.789. The predicted molar refractivity (Wildman–Crippen MR) is 81.3 cm³/mol. The van der Waals surface area contributed by atoms with Crippen molar-refractivity contribution in [1.82, 2.24) is 9.78 Å². The lowest BCUT2D eigenvalue weighted by Gasteiger charge is -2.09. The fourth-order valence-corrected chi connectivity index (χ4v) is 2.32. The molecular formula is C16H20N2O3. The molecule has 0 aliphatic rings. The van der Waals surface area contributed by atoms with Gasteiger partial charge in [-0.3, -0.25) is 14.3 Å². The summed E-state index contributed by atoms with van der Waals surface area (Å²) < 4.78 is 6.57. The van der Waals surface area contributed by atoms with Crippen molar-refractivity contribution in [2.24, 2.45) is 7.05 Å². The number of carbonyl (C=O) groups is 1. The highest BCUT2D eigenvalue weighted by Crippen LogP contribution is 2.13. The van der Waals surface area contributed by atoms with Crippen molar-refractivity contribution >= 4 is 16.9 Å². The second-order valence-electron chi connectivity index (χ2n) is 4.91. The number of ether oxygens (including phenoxy) is 1. The molecule has 1 aromatic carbocycles. The monoisotopic (exact) mass is 288 g/mol. The average Bonchev–Trinajstić information content (AvgIpc) is 2.49. The number of aromatic nitrogens is 2. The molecule has 0 aliphatic heterocycles. The van der Waals surface area contributed by atoms with Crippen LogP contribution in [0.1, 0.15) is 31.5 Å². The normalized spacial score (nSPS) is 10.8. The summed E-state index contributed by atoms with van der Waals surface area (Å²) in [5.41, 5.74) is 2.23. The summed E-state index contributed by atoms with van der Waals surface area (Å²) in [6.45, 7) is 4.16. The van der Waals surface area contributed by atoms with E-state index in [1.165, 1.54) is 0 Å². The fourth-order valence-electron chi connectivity index (χ4n) is 2.32. The van der Waals surface area contributed by atoms with Crippen LogP contribution in [0.2, 0.25) is 0 Å². The topological polar surface area (TPSA) is 61.2 Å². The van der Waals surface area contributed by atoms with Crippen LogP contribution in [0.5, 0.6) is 0 Å². The largest absolute Gasteiger partial charge is 0.466 e. The highest BCUT2D eigenvalue weighted by Gasteiger charge is 2.12. The number of hydrogen-bond donors (Lipinski definition) is 0. The number of hydrogen-bond acceptors (Lipinski definition) is 4. The first-order valence-corrected chi connectivity index (χ1v) is 7.21. The first kappa shape index (κ1) is 15.2. The molecule has 0 unspecified atom stereocenters. The van der Waals surface area contributed by atoms with Gasteiger partial charge in [-0.25, -0.2) is 0 Å². The number of carbonyl (C=O) groups excluding carboxylic acids is 1. The minimum absolute atomic E-state index is 0.0947. The van der Waals surface area contributed by atoms with Gasteiger partial charge in [-0.1, -0.05) is 13.0 Å². The molecule has 0 N–H and O–H groups in total. The lowest BCUT2D eigenvalue weighted by atomic mass is 10.1. The molecule has 0 spiro atoms. The van der Waals surface area contributed by atoms with Gasteiger partial charge in [-0.15, -0.1) is 0 Å². The van der Waals surface area contributed by atoms with Crippen LogP contribution >= 0.6 is 0 Å². The Kier molecular flexibility index (Phi) is 4.73. The molecule has 0 atom stereocenters. The zero-order valence-corrected chi connectivity index (χ0v) is 12.7.